The molecule has 0 spiro atoms. The van der Waals surface area contributed by atoms with Gasteiger partial charge in [0.25, 0.3) is 5.91 Å². The molecule has 0 aliphatic carbocycles. The fourth-order valence-corrected chi connectivity index (χ4v) is 4.51. The lowest BCUT2D eigenvalue weighted by Gasteiger charge is -2.22. The lowest BCUT2D eigenvalue weighted by molar-refractivity contribution is 0.0970. The minimum Gasteiger partial charge on any atom is -0.497 e. The number of methoxy groups -OCH3 is 1. The Kier molecular flexibility index (Phi) is 4.18. The summed E-state index contributed by atoms with van der Waals surface area (Å²) in [6.45, 7) is 3.73. The summed E-state index contributed by atoms with van der Waals surface area (Å²) in [4.78, 5) is 28.4. The molecule has 1 atom stereocenters. The van der Waals surface area contributed by atoms with Crippen molar-refractivity contribution < 1.29 is 13.9 Å². The molecule has 4 aromatic rings. The van der Waals surface area contributed by atoms with Crippen LogP contribution in [0.5, 0.6) is 5.75 Å². The Bertz CT molecular complexity index is 1370. The largest absolute Gasteiger partial charge is 0.497 e. The van der Waals surface area contributed by atoms with E-state index in [1.54, 1.807) is 19.2 Å². The Morgan fingerprint density at radius 1 is 1.10 bits per heavy atom. The van der Waals surface area contributed by atoms with Gasteiger partial charge in [0.05, 0.1) is 24.1 Å². The highest BCUT2D eigenvalue weighted by Gasteiger charge is 2.45. The normalized spacial score (nSPS) is 15.6. The van der Waals surface area contributed by atoms with Crippen molar-refractivity contribution in [1.82, 2.24) is 10.2 Å². The zero-order valence-corrected chi connectivity index (χ0v) is 17.3. The summed E-state index contributed by atoms with van der Waals surface area (Å²) in [6, 6.07) is 12.0. The molecule has 1 aliphatic rings. The molecule has 0 bridgehead atoms. The summed E-state index contributed by atoms with van der Waals surface area (Å²) < 4.78 is 11.3. The quantitative estimate of drug-likeness (QED) is 0.499. The molecule has 7 nitrogen and oxygen atoms in total. The second-order valence-electron chi connectivity index (χ2n) is 7.13. The molecule has 5 rings (SSSR count). The molecule has 1 aliphatic heterocycles. The first kappa shape index (κ1) is 18.5. The minimum atomic E-state index is -0.684. The van der Waals surface area contributed by atoms with E-state index in [0.29, 0.717) is 27.4 Å². The standard InChI is InChI=1S/C22H17N3O4S/c1-11-7-8-16-15(9-11)19(26)17-18(13-5-4-6-14(10-13)28-3)25(21(27)20(17)29-16)22-24-23-12(2)30-22/h4-10,18H,1-3H3. The lowest BCUT2D eigenvalue weighted by Crippen LogP contribution is -2.29. The van der Waals surface area contributed by atoms with Gasteiger partial charge in [-0.1, -0.05) is 35.1 Å². The van der Waals surface area contributed by atoms with Gasteiger partial charge in [-0.05, 0) is 43.7 Å². The maximum atomic E-state index is 13.5. The first-order valence-corrected chi connectivity index (χ1v) is 10.1. The molecule has 3 heterocycles. The number of carbonyl (C=O) groups excluding carboxylic acids is 1. The Labute approximate surface area is 175 Å². The number of aryl methyl sites for hydroxylation is 2. The average molecular weight is 419 g/mol. The molecule has 150 valence electrons. The van der Waals surface area contributed by atoms with Crippen LogP contribution in [0.1, 0.15) is 38.3 Å². The summed E-state index contributed by atoms with van der Waals surface area (Å²) in [5, 5.41) is 9.79. The Morgan fingerprint density at radius 2 is 1.93 bits per heavy atom. The molecule has 0 saturated carbocycles. The highest BCUT2D eigenvalue weighted by atomic mass is 32.1. The maximum Gasteiger partial charge on any atom is 0.297 e. The van der Waals surface area contributed by atoms with Crippen molar-refractivity contribution in [2.75, 3.05) is 12.0 Å². The van der Waals surface area contributed by atoms with Gasteiger partial charge in [0.1, 0.15) is 16.3 Å². The second kappa shape index (κ2) is 6.77. The predicted molar refractivity (Wildman–Crippen MR) is 114 cm³/mol. The average Bonchev–Trinajstić information content (AvgIpc) is 3.30. The fourth-order valence-electron chi connectivity index (χ4n) is 3.79. The van der Waals surface area contributed by atoms with Gasteiger partial charge >= 0.3 is 0 Å². The predicted octanol–water partition coefficient (Wildman–Crippen LogP) is 4.02. The number of nitrogens with zero attached hydrogens (tertiary/aromatic N) is 3. The van der Waals surface area contributed by atoms with Gasteiger partial charge in [-0.25, -0.2) is 0 Å². The molecule has 30 heavy (non-hydrogen) atoms. The van der Waals surface area contributed by atoms with E-state index in [4.69, 9.17) is 9.15 Å². The van der Waals surface area contributed by atoms with Gasteiger partial charge in [0.2, 0.25) is 10.9 Å². The molecule has 0 saturated heterocycles. The van der Waals surface area contributed by atoms with Crippen molar-refractivity contribution in [3.8, 4) is 5.75 Å². The summed E-state index contributed by atoms with van der Waals surface area (Å²) in [6.07, 6.45) is 0. The fraction of sp³-hybridized carbons (Fsp3) is 0.182. The van der Waals surface area contributed by atoms with Gasteiger partial charge in [-0.15, -0.1) is 10.2 Å². The van der Waals surface area contributed by atoms with Crippen molar-refractivity contribution in [2.24, 2.45) is 0 Å². The van der Waals surface area contributed by atoms with E-state index >= 15 is 0 Å². The number of aromatic nitrogens is 2. The lowest BCUT2D eigenvalue weighted by atomic mass is 9.98. The number of hydrogen-bond acceptors (Lipinski definition) is 7. The molecule has 0 radical (unpaired) electrons. The zero-order chi connectivity index (χ0) is 21.0. The van der Waals surface area contributed by atoms with Crippen molar-refractivity contribution in [3.63, 3.8) is 0 Å². The third-order valence-corrected chi connectivity index (χ3v) is 5.99. The number of amides is 1. The molecule has 0 N–H and O–H groups in total. The highest BCUT2D eigenvalue weighted by molar-refractivity contribution is 7.15. The number of benzene rings is 2. The van der Waals surface area contributed by atoms with E-state index in [1.807, 2.05) is 44.2 Å². The maximum absolute atomic E-state index is 13.5. The highest BCUT2D eigenvalue weighted by Crippen LogP contribution is 2.42. The van der Waals surface area contributed by atoms with Crippen molar-refractivity contribution >= 4 is 33.3 Å². The topological polar surface area (TPSA) is 85.5 Å². The first-order chi connectivity index (χ1) is 14.5. The summed E-state index contributed by atoms with van der Waals surface area (Å²) >= 11 is 1.29. The Morgan fingerprint density at radius 3 is 2.67 bits per heavy atom. The molecule has 1 unspecified atom stereocenters. The van der Waals surface area contributed by atoms with Crippen LogP contribution < -0.4 is 15.1 Å². The second-order valence-corrected chi connectivity index (χ2v) is 8.29. The Balaban J connectivity index is 1.83. The molecule has 1 amide bonds. The molecular weight excluding hydrogens is 402 g/mol. The minimum absolute atomic E-state index is 0.0389. The molecular formula is C22H17N3O4S. The van der Waals surface area contributed by atoms with Gasteiger partial charge in [0.15, 0.2) is 5.43 Å². The molecule has 2 aromatic carbocycles. The van der Waals surface area contributed by atoms with Gasteiger partial charge < -0.3 is 9.15 Å². The van der Waals surface area contributed by atoms with Gasteiger partial charge in [0, 0.05) is 0 Å². The third-order valence-electron chi connectivity index (χ3n) is 5.16. The molecule has 8 heteroatoms. The number of hydrogen-bond donors (Lipinski definition) is 0. The van der Waals surface area contributed by atoms with E-state index in [0.717, 1.165) is 16.1 Å². The summed E-state index contributed by atoms with van der Waals surface area (Å²) in [5.74, 6) is 0.258. The van der Waals surface area contributed by atoms with Crippen LogP contribution in [-0.4, -0.2) is 23.2 Å². The van der Waals surface area contributed by atoms with E-state index < -0.39 is 11.9 Å². The van der Waals surface area contributed by atoms with Crippen LogP contribution in [0, 0.1) is 13.8 Å². The van der Waals surface area contributed by atoms with Crippen LogP contribution in [0.25, 0.3) is 11.0 Å². The number of fused-ring (bicyclic) bond motifs is 2. The van der Waals surface area contributed by atoms with Gasteiger partial charge in [-0.2, -0.15) is 0 Å². The molecule has 0 fully saturated rings. The number of carbonyl (C=O) groups is 1. The van der Waals surface area contributed by atoms with Crippen molar-refractivity contribution in [3.05, 3.63) is 80.1 Å². The van der Waals surface area contributed by atoms with E-state index in [-0.39, 0.29) is 11.2 Å². The van der Waals surface area contributed by atoms with Crippen molar-refractivity contribution in [2.45, 2.75) is 19.9 Å². The van der Waals surface area contributed by atoms with E-state index in [2.05, 4.69) is 10.2 Å². The number of rotatable bonds is 3. The number of anilines is 1. The van der Waals surface area contributed by atoms with E-state index in [9.17, 15) is 9.59 Å². The first-order valence-electron chi connectivity index (χ1n) is 9.33. The molecule has 2 aromatic heterocycles. The number of ether oxygens (including phenoxy) is 1. The van der Waals surface area contributed by atoms with E-state index in [1.165, 1.54) is 16.2 Å². The van der Waals surface area contributed by atoms with Crippen LogP contribution in [0.3, 0.4) is 0 Å². The van der Waals surface area contributed by atoms with Crippen LogP contribution in [0.15, 0.2) is 51.7 Å². The zero-order valence-electron chi connectivity index (χ0n) is 16.5. The summed E-state index contributed by atoms with van der Waals surface area (Å²) in [5.41, 5.74) is 2.14. The van der Waals surface area contributed by atoms with Crippen LogP contribution in [-0.2, 0) is 0 Å². The Hall–Kier alpha value is -3.52. The third kappa shape index (κ3) is 2.72. The van der Waals surface area contributed by atoms with Crippen LogP contribution >= 0.6 is 11.3 Å². The van der Waals surface area contributed by atoms with Crippen LogP contribution in [0.4, 0.5) is 5.13 Å². The smallest absolute Gasteiger partial charge is 0.297 e. The monoisotopic (exact) mass is 419 g/mol. The van der Waals surface area contributed by atoms with Crippen molar-refractivity contribution in [1.29, 1.82) is 0 Å². The van der Waals surface area contributed by atoms with Gasteiger partial charge in [-0.3, -0.25) is 14.5 Å². The SMILES string of the molecule is COc1cccc(C2c3c(oc4ccc(C)cc4c3=O)C(=O)N2c2nnc(C)s2)c1. The summed E-state index contributed by atoms with van der Waals surface area (Å²) in [7, 11) is 1.57. The van der Waals surface area contributed by atoms with Crippen LogP contribution in [0.2, 0.25) is 0 Å².